The van der Waals surface area contributed by atoms with Gasteiger partial charge in [-0.2, -0.15) is 0 Å². The topological polar surface area (TPSA) is 52.6 Å². The maximum Gasteiger partial charge on any atom is 0.305 e. The molecule has 0 aliphatic heterocycles. The highest BCUT2D eigenvalue weighted by Crippen LogP contribution is 2.34. The van der Waals surface area contributed by atoms with Gasteiger partial charge in [0.1, 0.15) is 4.83 Å². The molecule has 0 heterocycles. The van der Waals surface area contributed by atoms with Gasteiger partial charge in [-0.1, -0.05) is 62.2 Å². The van der Waals surface area contributed by atoms with E-state index in [0.29, 0.717) is 0 Å². The van der Waals surface area contributed by atoms with Crippen molar-refractivity contribution in [1.82, 2.24) is 0 Å². The van der Waals surface area contributed by atoms with Crippen LogP contribution in [0.2, 0.25) is 0 Å². The maximum absolute atomic E-state index is 11.0. The van der Waals surface area contributed by atoms with Crippen molar-refractivity contribution in [3.63, 3.8) is 0 Å². The van der Waals surface area contributed by atoms with Crippen molar-refractivity contribution in [3.8, 4) is 0 Å². The highest BCUT2D eigenvalue weighted by atomic mass is 79.9. The Balaban J connectivity index is 2.82. The van der Waals surface area contributed by atoms with Crippen LogP contribution in [-0.2, 0) is 19.1 Å². The number of halogens is 2. The normalized spacial score (nSPS) is 13.7. The molecule has 6 heteroatoms. The van der Waals surface area contributed by atoms with E-state index >= 15 is 0 Å². The quantitative estimate of drug-likeness (QED) is 0.437. The summed E-state index contributed by atoms with van der Waals surface area (Å²) in [6.07, 6.45) is -0.986. The second-order valence-corrected chi connectivity index (χ2v) is 5.89. The molecular weight excluding hydrogens is 380 g/mol. The Morgan fingerprint density at radius 1 is 1.00 bits per heavy atom. The zero-order valence-corrected chi connectivity index (χ0v) is 13.7. The van der Waals surface area contributed by atoms with Crippen LogP contribution in [0.15, 0.2) is 30.3 Å². The third-order valence-corrected chi connectivity index (χ3v) is 4.99. The van der Waals surface area contributed by atoms with Crippen LogP contribution in [0.4, 0.5) is 0 Å². The van der Waals surface area contributed by atoms with Gasteiger partial charge in [0.05, 0.1) is 4.83 Å². The first-order chi connectivity index (χ1) is 8.91. The molecule has 0 fully saturated rings. The highest BCUT2D eigenvalue weighted by molar-refractivity contribution is 9.12. The van der Waals surface area contributed by atoms with Crippen LogP contribution in [0.25, 0.3) is 0 Å². The van der Waals surface area contributed by atoms with Gasteiger partial charge in [0, 0.05) is 13.8 Å². The van der Waals surface area contributed by atoms with Crippen molar-refractivity contribution in [3.05, 3.63) is 35.9 Å². The maximum atomic E-state index is 11.0. The van der Waals surface area contributed by atoms with Gasteiger partial charge in [0.2, 0.25) is 0 Å². The first-order valence-corrected chi connectivity index (χ1v) is 7.42. The Bertz CT molecular complexity index is 420. The summed E-state index contributed by atoms with van der Waals surface area (Å²) in [4.78, 5) is 21.5. The van der Waals surface area contributed by atoms with Crippen LogP contribution in [0.3, 0.4) is 0 Å². The summed E-state index contributed by atoms with van der Waals surface area (Å²) in [5, 5.41) is 0. The lowest BCUT2D eigenvalue weighted by atomic mass is 10.1. The monoisotopic (exact) mass is 392 g/mol. The smallest absolute Gasteiger partial charge is 0.305 e. The lowest BCUT2D eigenvalue weighted by molar-refractivity contribution is -0.184. The summed E-state index contributed by atoms with van der Waals surface area (Å²) < 4.78 is 10.0. The van der Waals surface area contributed by atoms with Crippen molar-refractivity contribution < 1.29 is 19.1 Å². The van der Waals surface area contributed by atoms with Crippen LogP contribution in [0, 0.1) is 0 Å². The molecule has 104 valence electrons. The first kappa shape index (κ1) is 16.2. The molecule has 0 aliphatic carbocycles. The molecule has 0 amide bonds. The number of esters is 2. The third-order valence-electron chi connectivity index (χ3n) is 2.22. The van der Waals surface area contributed by atoms with E-state index in [9.17, 15) is 9.59 Å². The van der Waals surface area contributed by atoms with E-state index < -0.39 is 23.1 Å². The lowest BCUT2D eigenvalue weighted by Crippen LogP contribution is -2.33. The molecule has 0 saturated heterocycles. The van der Waals surface area contributed by atoms with E-state index in [1.165, 1.54) is 13.8 Å². The minimum Gasteiger partial charge on any atom is -0.424 e. The molecule has 0 bridgehead atoms. The SMILES string of the molecule is CC(=O)OC(OC(C)=O)C(Br)C(Br)c1ccccc1. The van der Waals surface area contributed by atoms with E-state index in [-0.39, 0.29) is 4.83 Å². The zero-order chi connectivity index (χ0) is 14.4. The summed E-state index contributed by atoms with van der Waals surface area (Å²) >= 11 is 6.90. The number of benzene rings is 1. The number of alkyl halides is 2. The van der Waals surface area contributed by atoms with Crippen molar-refractivity contribution in [2.75, 3.05) is 0 Å². The molecule has 19 heavy (non-hydrogen) atoms. The molecular formula is C13H14Br2O4. The molecule has 1 rings (SSSR count). The van der Waals surface area contributed by atoms with Crippen LogP contribution in [0.5, 0.6) is 0 Å². The Morgan fingerprint density at radius 2 is 1.47 bits per heavy atom. The van der Waals surface area contributed by atoms with Gasteiger partial charge in [0.25, 0.3) is 6.29 Å². The number of rotatable bonds is 5. The van der Waals surface area contributed by atoms with Crippen molar-refractivity contribution in [1.29, 1.82) is 0 Å². The Morgan fingerprint density at radius 3 is 1.89 bits per heavy atom. The minimum atomic E-state index is -0.986. The minimum absolute atomic E-state index is 0.169. The Kier molecular flexibility index (Phi) is 6.51. The fourth-order valence-electron chi connectivity index (χ4n) is 1.44. The highest BCUT2D eigenvalue weighted by Gasteiger charge is 2.31. The second kappa shape index (κ2) is 7.65. The number of hydrogen-bond donors (Lipinski definition) is 0. The second-order valence-electron chi connectivity index (χ2n) is 3.84. The standard InChI is InChI=1S/C13H14Br2O4/c1-8(16)18-13(19-9(2)17)12(15)11(14)10-6-4-3-5-7-10/h3-7,11-13H,1-2H3. The van der Waals surface area contributed by atoms with Crippen LogP contribution in [0.1, 0.15) is 24.2 Å². The number of carbonyl (C=O) groups is 2. The van der Waals surface area contributed by atoms with Crippen molar-refractivity contribution in [2.24, 2.45) is 0 Å². The van der Waals surface area contributed by atoms with Crippen LogP contribution in [-0.4, -0.2) is 23.1 Å². The predicted octanol–water partition coefficient (Wildman–Crippen LogP) is 3.34. The summed E-state index contributed by atoms with van der Waals surface area (Å²) in [5.41, 5.74) is 0.980. The summed E-state index contributed by atoms with van der Waals surface area (Å²) in [6, 6.07) is 9.55. The average molecular weight is 394 g/mol. The summed E-state index contributed by atoms with van der Waals surface area (Å²) in [5.74, 6) is -1.02. The van der Waals surface area contributed by atoms with Gasteiger partial charge in [-0.3, -0.25) is 9.59 Å². The van der Waals surface area contributed by atoms with Gasteiger partial charge < -0.3 is 9.47 Å². The van der Waals surface area contributed by atoms with Gasteiger partial charge in [-0.15, -0.1) is 0 Å². The first-order valence-electron chi connectivity index (χ1n) is 5.59. The van der Waals surface area contributed by atoms with E-state index in [1.807, 2.05) is 30.3 Å². The van der Waals surface area contributed by atoms with E-state index in [1.54, 1.807) is 0 Å². The van der Waals surface area contributed by atoms with Crippen LogP contribution >= 0.6 is 31.9 Å². The fraction of sp³-hybridized carbons (Fsp3) is 0.385. The van der Waals surface area contributed by atoms with E-state index in [0.717, 1.165) is 5.56 Å². The van der Waals surface area contributed by atoms with Gasteiger partial charge >= 0.3 is 11.9 Å². The molecule has 0 N–H and O–H groups in total. The summed E-state index contributed by atoms with van der Waals surface area (Å²) in [7, 11) is 0. The van der Waals surface area contributed by atoms with Crippen molar-refractivity contribution in [2.45, 2.75) is 29.8 Å². The predicted molar refractivity (Wildman–Crippen MR) is 78.1 cm³/mol. The molecule has 1 aromatic carbocycles. The Hall–Kier alpha value is -0.880. The number of ether oxygens (including phenoxy) is 2. The molecule has 4 nitrogen and oxygen atoms in total. The largest absolute Gasteiger partial charge is 0.424 e. The molecule has 0 spiro atoms. The van der Waals surface area contributed by atoms with Crippen molar-refractivity contribution >= 4 is 43.8 Å². The Labute approximate surface area is 128 Å². The van der Waals surface area contributed by atoms with E-state index in [2.05, 4.69) is 31.9 Å². The molecule has 0 radical (unpaired) electrons. The van der Waals surface area contributed by atoms with Gasteiger partial charge in [-0.25, -0.2) is 0 Å². The van der Waals surface area contributed by atoms with E-state index in [4.69, 9.17) is 9.47 Å². The molecule has 0 saturated carbocycles. The fourth-order valence-corrected chi connectivity index (χ4v) is 2.52. The summed E-state index contributed by atoms with van der Waals surface area (Å²) in [6.45, 7) is 2.53. The number of carbonyl (C=O) groups excluding carboxylic acids is 2. The zero-order valence-electron chi connectivity index (χ0n) is 10.5. The third kappa shape index (κ3) is 5.32. The average Bonchev–Trinajstić information content (AvgIpc) is 2.36. The molecule has 2 atom stereocenters. The van der Waals surface area contributed by atoms with Gasteiger partial charge in [0.15, 0.2) is 0 Å². The lowest BCUT2D eigenvalue weighted by Gasteiger charge is -2.25. The number of hydrogen-bond acceptors (Lipinski definition) is 4. The molecule has 1 aromatic rings. The molecule has 0 aromatic heterocycles. The molecule has 2 unspecified atom stereocenters. The van der Waals surface area contributed by atoms with Crippen LogP contribution < -0.4 is 0 Å². The molecule has 0 aliphatic rings. The van der Waals surface area contributed by atoms with Gasteiger partial charge in [-0.05, 0) is 5.56 Å².